The van der Waals surface area contributed by atoms with E-state index in [-0.39, 0.29) is 11.4 Å². The summed E-state index contributed by atoms with van der Waals surface area (Å²) in [5, 5.41) is 9.09. The number of hydrogen-bond acceptors (Lipinski definition) is 3. The molecule has 0 aliphatic heterocycles. The molecule has 1 heterocycles. The van der Waals surface area contributed by atoms with Crippen LogP contribution in [0.5, 0.6) is 11.6 Å². The molecule has 4 nitrogen and oxygen atoms in total. The van der Waals surface area contributed by atoms with Crippen molar-refractivity contribution in [1.29, 1.82) is 0 Å². The van der Waals surface area contributed by atoms with Crippen LogP contribution in [0.25, 0.3) is 0 Å². The first-order valence-corrected chi connectivity index (χ1v) is 5.93. The Morgan fingerprint density at radius 1 is 1.16 bits per heavy atom. The molecule has 1 aromatic heterocycles. The number of carboxylic acid groups (broad SMARTS) is 1. The van der Waals surface area contributed by atoms with E-state index < -0.39 is 5.97 Å². The van der Waals surface area contributed by atoms with E-state index in [9.17, 15) is 4.79 Å². The fourth-order valence-electron chi connectivity index (χ4n) is 1.78. The van der Waals surface area contributed by atoms with Gasteiger partial charge in [-0.15, -0.1) is 0 Å². The number of aromatic carboxylic acids is 1. The van der Waals surface area contributed by atoms with Gasteiger partial charge in [-0.05, 0) is 55.7 Å². The normalized spacial score (nSPS) is 10.3. The number of carbonyl (C=O) groups is 1. The zero-order chi connectivity index (χ0) is 14.0. The lowest BCUT2D eigenvalue weighted by Gasteiger charge is -2.12. The Labute approximate surface area is 111 Å². The Morgan fingerprint density at radius 3 is 2.53 bits per heavy atom. The van der Waals surface area contributed by atoms with Crippen LogP contribution in [0.3, 0.4) is 0 Å². The molecule has 0 amide bonds. The molecular weight excluding hydrogens is 242 g/mol. The quantitative estimate of drug-likeness (QED) is 0.914. The van der Waals surface area contributed by atoms with Gasteiger partial charge in [0.05, 0.1) is 0 Å². The lowest BCUT2D eigenvalue weighted by atomic mass is 10.1. The zero-order valence-corrected chi connectivity index (χ0v) is 11.1. The minimum absolute atomic E-state index is 0.0557. The highest BCUT2D eigenvalue weighted by Crippen LogP contribution is 2.28. The smallest absolute Gasteiger partial charge is 0.341 e. The summed E-state index contributed by atoms with van der Waals surface area (Å²) in [5.74, 6) is -0.310. The molecule has 0 aliphatic rings. The third kappa shape index (κ3) is 2.73. The maximum atomic E-state index is 11.1. The molecule has 2 rings (SSSR count). The van der Waals surface area contributed by atoms with E-state index in [1.807, 2.05) is 32.9 Å². The third-order valence-corrected chi connectivity index (χ3v) is 3.00. The van der Waals surface area contributed by atoms with Gasteiger partial charge in [-0.25, -0.2) is 9.78 Å². The van der Waals surface area contributed by atoms with Crippen molar-refractivity contribution in [3.05, 3.63) is 52.7 Å². The molecule has 19 heavy (non-hydrogen) atoms. The summed E-state index contributed by atoms with van der Waals surface area (Å²) in [6, 6.07) is 6.95. The van der Waals surface area contributed by atoms with Crippen LogP contribution >= 0.6 is 0 Å². The summed E-state index contributed by atoms with van der Waals surface area (Å²) in [4.78, 5) is 15.1. The summed E-state index contributed by atoms with van der Waals surface area (Å²) < 4.78 is 5.65. The van der Waals surface area contributed by atoms with Gasteiger partial charge in [-0.2, -0.15) is 0 Å². The van der Waals surface area contributed by atoms with Crippen LogP contribution in [0.15, 0.2) is 30.5 Å². The first-order valence-electron chi connectivity index (χ1n) is 5.93. The van der Waals surface area contributed by atoms with Crippen molar-refractivity contribution < 1.29 is 14.6 Å². The number of aromatic nitrogens is 1. The average molecular weight is 257 g/mol. The van der Waals surface area contributed by atoms with Gasteiger partial charge in [0.1, 0.15) is 11.3 Å². The number of nitrogens with zero attached hydrogens (tertiary/aromatic N) is 1. The van der Waals surface area contributed by atoms with Crippen LogP contribution in [0.1, 0.15) is 27.0 Å². The van der Waals surface area contributed by atoms with E-state index in [0.29, 0.717) is 5.75 Å². The van der Waals surface area contributed by atoms with Crippen molar-refractivity contribution in [2.45, 2.75) is 20.8 Å². The SMILES string of the molecule is Cc1cc(C)c(Oc2ncccc2C(=O)O)cc1C. The van der Waals surface area contributed by atoms with Crippen LogP contribution in [0.2, 0.25) is 0 Å². The van der Waals surface area contributed by atoms with E-state index in [4.69, 9.17) is 9.84 Å². The van der Waals surface area contributed by atoms with Gasteiger partial charge in [0.25, 0.3) is 0 Å². The van der Waals surface area contributed by atoms with Crippen molar-refractivity contribution in [1.82, 2.24) is 4.98 Å². The molecule has 0 atom stereocenters. The van der Waals surface area contributed by atoms with Crippen LogP contribution < -0.4 is 4.74 Å². The minimum atomic E-state index is -1.05. The second-order valence-electron chi connectivity index (χ2n) is 4.47. The van der Waals surface area contributed by atoms with Crippen LogP contribution in [0.4, 0.5) is 0 Å². The fraction of sp³-hybridized carbons (Fsp3) is 0.200. The van der Waals surface area contributed by atoms with E-state index >= 15 is 0 Å². The fourth-order valence-corrected chi connectivity index (χ4v) is 1.78. The van der Waals surface area contributed by atoms with Gasteiger partial charge in [0.15, 0.2) is 0 Å². The average Bonchev–Trinajstić information content (AvgIpc) is 2.36. The molecule has 0 saturated carbocycles. The van der Waals surface area contributed by atoms with Crippen LogP contribution in [-0.2, 0) is 0 Å². The maximum absolute atomic E-state index is 11.1. The lowest BCUT2D eigenvalue weighted by molar-refractivity contribution is 0.0693. The number of aryl methyl sites for hydroxylation is 3. The highest BCUT2D eigenvalue weighted by atomic mass is 16.5. The predicted molar refractivity (Wildman–Crippen MR) is 71.9 cm³/mol. The molecule has 0 spiro atoms. The summed E-state index contributed by atoms with van der Waals surface area (Å²) in [6.07, 6.45) is 1.51. The van der Waals surface area contributed by atoms with Gasteiger partial charge in [-0.1, -0.05) is 6.07 Å². The highest BCUT2D eigenvalue weighted by Gasteiger charge is 2.14. The maximum Gasteiger partial charge on any atom is 0.341 e. The Hall–Kier alpha value is -2.36. The number of benzene rings is 1. The van der Waals surface area contributed by atoms with Gasteiger partial charge >= 0.3 is 5.97 Å². The van der Waals surface area contributed by atoms with Crippen LogP contribution in [-0.4, -0.2) is 16.1 Å². The Bertz CT molecular complexity index is 635. The number of hydrogen-bond donors (Lipinski definition) is 1. The van der Waals surface area contributed by atoms with E-state index in [0.717, 1.165) is 11.1 Å². The van der Waals surface area contributed by atoms with Crippen molar-refractivity contribution in [3.8, 4) is 11.6 Å². The molecule has 1 aromatic carbocycles. The molecule has 0 radical (unpaired) electrons. The minimum Gasteiger partial charge on any atom is -0.477 e. The monoisotopic (exact) mass is 257 g/mol. The molecule has 0 bridgehead atoms. The largest absolute Gasteiger partial charge is 0.477 e. The Balaban J connectivity index is 2.42. The summed E-state index contributed by atoms with van der Waals surface area (Å²) in [6.45, 7) is 5.93. The van der Waals surface area contributed by atoms with E-state index in [2.05, 4.69) is 4.98 Å². The number of rotatable bonds is 3. The zero-order valence-electron chi connectivity index (χ0n) is 11.1. The molecule has 0 fully saturated rings. The van der Waals surface area contributed by atoms with Crippen molar-refractivity contribution >= 4 is 5.97 Å². The van der Waals surface area contributed by atoms with Gasteiger partial charge in [0.2, 0.25) is 5.88 Å². The first kappa shape index (κ1) is 13.1. The molecule has 98 valence electrons. The van der Waals surface area contributed by atoms with Crippen molar-refractivity contribution in [2.75, 3.05) is 0 Å². The van der Waals surface area contributed by atoms with E-state index in [1.165, 1.54) is 17.8 Å². The van der Waals surface area contributed by atoms with Gasteiger partial charge in [-0.3, -0.25) is 0 Å². The molecule has 1 N–H and O–H groups in total. The summed E-state index contributed by atoms with van der Waals surface area (Å²) >= 11 is 0. The summed E-state index contributed by atoms with van der Waals surface area (Å²) in [7, 11) is 0. The number of carboxylic acids is 1. The third-order valence-electron chi connectivity index (χ3n) is 3.00. The molecule has 0 aliphatic carbocycles. The van der Waals surface area contributed by atoms with Crippen molar-refractivity contribution in [2.24, 2.45) is 0 Å². The predicted octanol–water partition coefficient (Wildman–Crippen LogP) is 3.50. The number of pyridine rings is 1. The molecule has 4 heteroatoms. The lowest BCUT2D eigenvalue weighted by Crippen LogP contribution is -2.02. The molecule has 2 aromatic rings. The topological polar surface area (TPSA) is 59.4 Å². The van der Waals surface area contributed by atoms with Gasteiger partial charge in [0, 0.05) is 6.20 Å². The highest BCUT2D eigenvalue weighted by molar-refractivity contribution is 5.90. The molecular formula is C15H15NO3. The Morgan fingerprint density at radius 2 is 1.84 bits per heavy atom. The second-order valence-corrected chi connectivity index (χ2v) is 4.47. The number of ether oxygens (including phenoxy) is 1. The van der Waals surface area contributed by atoms with Gasteiger partial charge < -0.3 is 9.84 Å². The summed E-state index contributed by atoms with van der Waals surface area (Å²) in [5.41, 5.74) is 3.27. The second kappa shape index (κ2) is 5.10. The van der Waals surface area contributed by atoms with Crippen LogP contribution in [0, 0.1) is 20.8 Å². The Kier molecular flexibility index (Phi) is 3.51. The molecule has 0 saturated heterocycles. The van der Waals surface area contributed by atoms with Crippen molar-refractivity contribution in [3.63, 3.8) is 0 Å². The molecule has 0 unspecified atom stereocenters. The first-order chi connectivity index (χ1) is 8.99. The van der Waals surface area contributed by atoms with E-state index in [1.54, 1.807) is 6.07 Å². The standard InChI is InChI=1S/C15H15NO3/c1-9-7-11(3)13(8-10(9)2)19-14-12(15(17)18)5-4-6-16-14/h4-8H,1-3H3,(H,17,18).